The summed E-state index contributed by atoms with van der Waals surface area (Å²) < 4.78 is 0. The number of rotatable bonds is 3. The molecule has 1 saturated carbocycles. The summed E-state index contributed by atoms with van der Waals surface area (Å²) in [6, 6.07) is 1.70. The third-order valence-corrected chi connectivity index (χ3v) is 2.94. The zero-order valence-electron chi connectivity index (χ0n) is 10.2. The Bertz CT molecular complexity index is 117. The van der Waals surface area contributed by atoms with Crippen LogP contribution >= 0.6 is 0 Å². The highest BCUT2D eigenvalue weighted by Gasteiger charge is 2.32. The molecular formula is C11H26N2. The van der Waals surface area contributed by atoms with Crippen molar-refractivity contribution in [2.75, 3.05) is 27.7 Å². The smallest absolute Gasteiger partial charge is 0.0122 e. The van der Waals surface area contributed by atoms with E-state index in [-0.39, 0.29) is 0 Å². The highest BCUT2D eigenvalue weighted by Crippen LogP contribution is 2.27. The fraction of sp³-hybridized carbons (Fsp3) is 1.00. The minimum Gasteiger partial charge on any atom is -0.306 e. The van der Waals surface area contributed by atoms with E-state index in [1.54, 1.807) is 0 Å². The van der Waals surface area contributed by atoms with E-state index in [0.29, 0.717) is 0 Å². The van der Waals surface area contributed by atoms with Crippen LogP contribution in [0.2, 0.25) is 0 Å². The predicted octanol–water partition coefficient (Wildman–Crippen LogP) is 2.06. The van der Waals surface area contributed by atoms with Crippen LogP contribution in [-0.2, 0) is 0 Å². The molecule has 0 saturated heterocycles. The van der Waals surface area contributed by atoms with Crippen molar-refractivity contribution in [1.29, 1.82) is 0 Å². The van der Waals surface area contributed by atoms with Gasteiger partial charge in [0.05, 0.1) is 0 Å². The molecule has 2 heteroatoms. The van der Waals surface area contributed by atoms with Gasteiger partial charge >= 0.3 is 0 Å². The molecule has 0 unspecified atom stereocenters. The number of hydrogen-bond donors (Lipinski definition) is 0. The van der Waals surface area contributed by atoms with Gasteiger partial charge in [-0.25, -0.2) is 0 Å². The Morgan fingerprint density at radius 3 is 1.77 bits per heavy atom. The highest BCUT2D eigenvalue weighted by atomic mass is 15.2. The fourth-order valence-electron chi connectivity index (χ4n) is 1.60. The van der Waals surface area contributed by atoms with E-state index in [4.69, 9.17) is 0 Å². The first kappa shape index (κ1) is 12.9. The van der Waals surface area contributed by atoms with Crippen LogP contribution in [0.3, 0.4) is 0 Å². The minimum absolute atomic E-state index is 0.842. The zero-order chi connectivity index (χ0) is 10.4. The van der Waals surface area contributed by atoms with Crippen molar-refractivity contribution in [3.63, 3.8) is 0 Å². The summed E-state index contributed by atoms with van der Waals surface area (Å²) in [5, 5.41) is 0. The largest absolute Gasteiger partial charge is 0.306 e. The molecular weight excluding hydrogens is 160 g/mol. The van der Waals surface area contributed by atoms with Crippen molar-refractivity contribution in [2.24, 2.45) is 0 Å². The third-order valence-electron chi connectivity index (χ3n) is 2.94. The zero-order valence-corrected chi connectivity index (χ0v) is 10.2. The molecule has 0 bridgehead atoms. The summed E-state index contributed by atoms with van der Waals surface area (Å²) >= 11 is 0. The maximum absolute atomic E-state index is 2.44. The normalized spacial score (nSPS) is 26.8. The van der Waals surface area contributed by atoms with Gasteiger partial charge < -0.3 is 9.80 Å². The molecule has 0 spiro atoms. The van der Waals surface area contributed by atoms with Crippen molar-refractivity contribution in [2.45, 2.75) is 45.7 Å². The highest BCUT2D eigenvalue weighted by molar-refractivity contribution is 4.90. The molecule has 1 rings (SSSR count). The number of nitrogens with zero attached hydrogens (tertiary/aromatic N) is 2. The molecule has 1 aliphatic rings. The molecule has 0 aromatic rings. The van der Waals surface area contributed by atoms with Gasteiger partial charge in [0.2, 0.25) is 0 Å². The van der Waals surface area contributed by atoms with E-state index in [1.165, 1.54) is 19.4 Å². The molecule has 2 nitrogen and oxygen atoms in total. The van der Waals surface area contributed by atoms with Crippen LogP contribution in [-0.4, -0.2) is 49.6 Å². The monoisotopic (exact) mass is 186 g/mol. The summed E-state index contributed by atoms with van der Waals surface area (Å²) in [7, 11) is 6.57. The first-order chi connectivity index (χ1) is 6.15. The molecule has 13 heavy (non-hydrogen) atoms. The van der Waals surface area contributed by atoms with Gasteiger partial charge in [-0.2, -0.15) is 0 Å². The molecule has 0 aromatic heterocycles. The van der Waals surface area contributed by atoms with Crippen LogP contribution in [0.25, 0.3) is 0 Å². The second kappa shape index (κ2) is 6.39. The Morgan fingerprint density at radius 2 is 1.46 bits per heavy atom. The fourth-order valence-corrected chi connectivity index (χ4v) is 1.60. The van der Waals surface area contributed by atoms with E-state index < -0.39 is 0 Å². The van der Waals surface area contributed by atoms with Gasteiger partial charge in [-0.15, -0.1) is 0 Å². The Morgan fingerprint density at radius 1 is 1.00 bits per heavy atom. The van der Waals surface area contributed by atoms with Crippen LogP contribution in [0.15, 0.2) is 0 Å². The lowest BCUT2D eigenvalue weighted by Crippen LogP contribution is -2.50. The minimum atomic E-state index is 0.842. The van der Waals surface area contributed by atoms with Crippen molar-refractivity contribution in [1.82, 2.24) is 9.80 Å². The van der Waals surface area contributed by atoms with Gasteiger partial charge in [0.1, 0.15) is 0 Å². The lowest BCUT2D eigenvalue weighted by molar-refractivity contribution is 0.0729. The van der Waals surface area contributed by atoms with Gasteiger partial charge in [0, 0.05) is 12.1 Å². The maximum Gasteiger partial charge on any atom is 0.0122 e. The van der Waals surface area contributed by atoms with Crippen LogP contribution in [0.1, 0.15) is 33.6 Å². The summed E-state index contributed by atoms with van der Waals surface area (Å²) in [4.78, 5) is 4.78. The molecule has 1 fully saturated rings. The van der Waals surface area contributed by atoms with E-state index in [0.717, 1.165) is 12.1 Å². The lowest BCUT2D eigenvalue weighted by Gasteiger charge is -2.44. The molecule has 0 atom stereocenters. The Kier molecular flexibility index (Phi) is 6.35. The van der Waals surface area contributed by atoms with E-state index in [9.17, 15) is 0 Å². The first-order valence-electron chi connectivity index (χ1n) is 5.51. The van der Waals surface area contributed by atoms with Crippen molar-refractivity contribution in [3.05, 3.63) is 0 Å². The van der Waals surface area contributed by atoms with Crippen LogP contribution in [0, 0.1) is 0 Å². The van der Waals surface area contributed by atoms with Gasteiger partial charge in [0.25, 0.3) is 0 Å². The summed E-state index contributed by atoms with van der Waals surface area (Å²) in [5.41, 5.74) is 0. The third kappa shape index (κ3) is 3.65. The molecule has 0 heterocycles. The lowest BCUT2D eigenvalue weighted by atomic mass is 9.85. The Hall–Kier alpha value is -0.0800. The topological polar surface area (TPSA) is 6.48 Å². The van der Waals surface area contributed by atoms with Gasteiger partial charge in [-0.05, 0) is 40.5 Å². The SMILES string of the molecule is CC.CCN(C)C1CC(N(C)C)C1. The number of hydrogen-bond acceptors (Lipinski definition) is 2. The summed E-state index contributed by atoms with van der Waals surface area (Å²) in [5.74, 6) is 0. The predicted molar refractivity (Wildman–Crippen MR) is 60.1 cm³/mol. The molecule has 0 aromatic carbocycles. The van der Waals surface area contributed by atoms with E-state index in [1.807, 2.05) is 13.8 Å². The molecule has 0 aliphatic heterocycles. The molecule has 0 N–H and O–H groups in total. The van der Waals surface area contributed by atoms with Gasteiger partial charge in [-0.1, -0.05) is 20.8 Å². The average molecular weight is 186 g/mol. The maximum atomic E-state index is 2.44. The van der Waals surface area contributed by atoms with Crippen LogP contribution in [0.5, 0.6) is 0 Å². The Balaban J connectivity index is 0.000000671. The van der Waals surface area contributed by atoms with Crippen molar-refractivity contribution in [3.8, 4) is 0 Å². The van der Waals surface area contributed by atoms with Crippen LogP contribution in [0.4, 0.5) is 0 Å². The Labute approximate surface area is 83.9 Å². The molecule has 1 aliphatic carbocycles. The van der Waals surface area contributed by atoms with E-state index in [2.05, 4.69) is 37.9 Å². The average Bonchev–Trinajstić information content (AvgIpc) is 2.04. The quantitative estimate of drug-likeness (QED) is 0.665. The first-order valence-corrected chi connectivity index (χ1v) is 5.51. The van der Waals surface area contributed by atoms with Gasteiger partial charge in [-0.3, -0.25) is 0 Å². The standard InChI is InChI=1S/C9H20N2.C2H6/c1-5-11(4)9-6-8(7-9)10(2)3;1-2/h8-9H,5-7H2,1-4H3;1-2H3. The van der Waals surface area contributed by atoms with Gasteiger partial charge in [0.15, 0.2) is 0 Å². The molecule has 80 valence electrons. The van der Waals surface area contributed by atoms with E-state index >= 15 is 0 Å². The second-order valence-corrected chi connectivity index (χ2v) is 3.82. The summed E-state index contributed by atoms with van der Waals surface area (Å²) in [6.07, 6.45) is 2.72. The molecule has 0 amide bonds. The molecule has 0 radical (unpaired) electrons. The summed E-state index contributed by atoms with van der Waals surface area (Å²) in [6.45, 7) is 7.41. The van der Waals surface area contributed by atoms with Crippen molar-refractivity contribution >= 4 is 0 Å². The van der Waals surface area contributed by atoms with Crippen LogP contribution < -0.4 is 0 Å². The second-order valence-electron chi connectivity index (χ2n) is 3.82. The van der Waals surface area contributed by atoms with Crippen molar-refractivity contribution < 1.29 is 0 Å².